The van der Waals surface area contributed by atoms with E-state index < -0.39 is 0 Å². The molecule has 7 heteroatoms. The minimum absolute atomic E-state index is 0.0238. The van der Waals surface area contributed by atoms with Crippen molar-refractivity contribution in [3.05, 3.63) is 56.3 Å². The van der Waals surface area contributed by atoms with Gasteiger partial charge < -0.3 is 14.2 Å². The summed E-state index contributed by atoms with van der Waals surface area (Å²) >= 11 is 9.49. The number of halogens is 3. The Hall–Kier alpha value is -1.79. The third-order valence-electron chi connectivity index (χ3n) is 5.07. The predicted octanol–water partition coefficient (Wildman–Crippen LogP) is 5.35. The number of benzene rings is 2. The molecule has 27 heavy (non-hydrogen) atoms. The van der Waals surface area contributed by atoms with Crippen molar-refractivity contribution >= 4 is 33.5 Å². The maximum atomic E-state index is 14.5. The van der Waals surface area contributed by atoms with Crippen molar-refractivity contribution in [2.45, 2.75) is 31.3 Å². The molecule has 4 rings (SSSR count). The second-order valence-electron chi connectivity index (χ2n) is 6.68. The molecule has 1 heterocycles. The summed E-state index contributed by atoms with van der Waals surface area (Å²) in [6, 6.07) is 6.84. The van der Waals surface area contributed by atoms with Gasteiger partial charge in [0.05, 0.1) is 25.2 Å². The molecule has 142 valence electrons. The summed E-state index contributed by atoms with van der Waals surface area (Å²) in [7, 11) is 1.38. The quantitative estimate of drug-likeness (QED) is 0.461. The van der Waals surface area contributed by atoms with E-state index in [-0.39, 0.29) is 30.2 Å². The van der Waals surface area contributed by atoms with E-state index in [2.05, 4.69) is 15.9 Å². The second-order valence-corrected chi connectivity index (χ2v) is 7.88. The SMILES string of the molecule is COC(=O)C[C@@H]1COc2cc(O[C@@H]3CCc4c(Br)c(Cl)cc(F)c43)ccc21. The van der Waals surface area contributed by atoms with Gasteiger partial charge in [0.25, 0.3) is 0 Å². The van der Waals surface area contributed by atoms with Gasteiger partial charge in [-0.1, -0.05) is 17.7 Å². The van der Waals surface area contributed by atoms with Crippen molar-refractivity contribution in [1.82, 2.24) is 0 Å². The van der Waals surface area contributed by atoms with Crippen LogP contribution in [0.5, 0.6) is 11.5 Å². The largest absolute Gasteiger partial charge is 0.492 e. The molecule has 0 saturated carbocycles. The fraction of sp³-hybridized carbons (Fsp3) is 0.350. The monoisotopic (exact) mass is 454 g/mol. The van der Waals surface area contributed by atoms with E-state index in [1.165, 1.54) is 13.2 Å². The number of hydrogen-bond donors (Lipinski definition) is 0. The number of ether oxygens (including phenoxy) is 3. The Labute approximate surface area is 169 Å². The number of fused-ring (bicyclic) bond motifs is 2. The molecule has 0 aromatic heterocycles. The van der Waals surface area contributed by atoms with Crippen LogP contribution in [0.15, 0.2) is 28.7 Å². The first-order chi connectivity index (χ1) is 13.0. The fourth-order valence-electron chi connectivity index (χ4n) is 3.74. The Morgan fingerprint density at radius 3 is 3.00 bits per heavy atom. The minimum Gasteiger partial charge on any atom is -0.492 e. The molecule has 0 bridgehead atoms. The highest BCUT2D eigenvalue weighted by molar-refractivity contribution is 9.10. The van der Waals surface area contributed by atoms with E-state index in [4.69, 9.17) is 25.8 Å². The standard InChI is InChI=1S/C20H17BrClFO4/c1-25-18(24)6-10-9-26-17-7-11(2-3-12(10)17)27-16-5-4-13-19(16)15(23)8-14(22)20(13)21/h2-3,7-8,10,16H,4-6,9H2,1H3/t10-,16-/m1/s1. The van der Waals surface area contributed by atoms with E-state index in [1.54, 1.807) is 6.07 Å². The second kappa shape index (κ2) is 7.32. The molecule has 0 radical (unpaired) electrons. The molecule has 2 aliphatic rings. The zero-order chi connectivity index (χ0) is 19.1. The van der Waals surface area contributed by atoms with Crippen LogP contribution in [-0.4, -0.2) is 19.7 Å². The van der Waals surface area contributed by atoms with Gasteiger partial charge in [0.1, 0.15) is 23.4 Å². The van der Waals surface area contributed by atoms with Crippen LogP contribution in [0.4, 0.5) is 4.39 Å². The van der Waals surface area contributed by atoms with Crippen molar-refractivity contribution < 1.29 is 23.4 Å². The molecule has 2 atom stereocenters. The number of carbonyl (C=O) groups is 1. The van der Waals surface area contributed by atoms with Crippen LogP contribution in [0.1, 0.15) is 41.6 Å². The summed E-state index contributed by atoms with van der Waals surface area (Å²) in [5.41, 5.74) is 2.37. The number of carbonyl (C=O) groups excluding carboxylic acids is 1. The summed E-state index contributed by atoms with van der Waals surface area (Å²) in [5.74, 6) is 0.660. The molecular weight excluding hydrogens is 439 g/mol. The highest BCUT2D eigenvalue weighted by atomic mass is 79.9. The molecule has 0 amide bonds. The maximum Gasteiger partial charge on any atom is 0.306 e. The third-order valence-corrected chi connectivity index (χ3v) is 6.51. The maximum absolute atomic E-state index is 14.5. The fourth-order valence-corrected chi connectivity index (χ4v) is 4.47. The van der Waals surface area contributed by atoms with Gasteiger partial charge in [0.15, 0.2) is 0 Å². The van der Waals surface area contributed by atoms with Crippen molar-refractivity contribution in [3.63, 3.8) is 0 Å². The number of rotatable bonds is 4. The first-order valence-electron chi connectivity index (χ1n) is 8.64. The third kappa shape index (κ3) is 3.41. The summed E-state index contributed by atoms with van der Waals surface area (Å²) < 4.78 is 31.7. The van der Waals surface area contributed by atoms with Crippen LogP contribution >= 0.6 is 27.5 Å². The van der Waals surface area contributed by atoms with Gasteiger partial charge in [-0.05, 0) is 46.5 Å². The minimum atomic E-state index is -0.376. The van der Waals surface area contributed by atoms with Crippen LogP contribution in [0.25, 0.3) is 0 Å². The zero-order valence-corrected chi connectivity index (χ0v) is 16.9. The zero-order valence-electron chi connectivity index (χ0n) is 14.6. The average molecular weight is 456 g/mol. The molecule has 2 aromatic rings. The Kier molecular flexibility index (Phi) is 5.03. The predicted molar refractivity (Wildman–Crippen MR) is 102 cm³/mol. The van der Waals surface area contributed by atoms with Gasteiger partial charge in [0.2, 0.25) is 0 Å². The van der Waals surface area contributed by atoms with Crippen LogP contribution in [0.3, 0.4) is 0 Å². The van der Waals surface area contributed by atoms with Crippen molar-refractivity contribution in [2.24, 2.45) is 0 Å². The van der Waals surface area contributed by atoms with Gasteiger partial charge in [-0.15, -0.1) is 0 Å². The molecule has 0 N–H and O–H groups in total. The first-order valence-corrected chi connectivity index (χ1v) is 9.81. The number of esters is 1. The van der Waals surface area contributed by atoms with Crippen LogP contribution < -0.4 is 9.47 Å². The molecule has 0 saturated heterocycles. The van der Waals surface area contributed by atoms with Crippen molar-refractivity contribution in [3.8, 4) is 11.5 Å². The van der Waals surface area contributed by atoms with E-state index in [0.29, 0.717) is 41.5 Å². The van der Waals surface area contributed by atoms with E-state index in [1.807, 2.05) is 12.1 Å². The Bertz CT molecular complexity index is 917. The Morgan fingerprint density at radius 2 is 2.22 bits per heavy atom. The van der Waals surface area contributed by atoms with Gasteiger partial charge in [-0.25, -0.2) is 4.39 Å². The first kappa shape index (κ1) is 18.6. The molecule has 1 aliphatic heterocycles. The average Bonchev–Trinajstić information content (AvgIpc) is 3.24. The molecule has 4 nitrogen and oxygen atoms in total. The van der Waals surface area contributed by atoms with Crippen LogP contribution in [0.2, 0.25) is 5.02 Å². The smallest absolute Gasteiger partial charge is 0.306 e. The lowest BCUT2D eigenvalue weighted by Crippen LogP contribution is -2.09. The summed E-state index contributed by atoms with van der Waals surface area (Å²) in [5, 5.41) is 0.370. The summed E-state index contributed by atoms with van der Waals surface area (Å²) in [4.78, 5) is 11.5. The van der Waals surface area contributed by atoms with Gasteiger partial charge in [-0.3, -0.25) is 4.79 Å². The van der Waals surface area contributed by atoms with Crippen LogP contribution in [-0.2, 0) is 16.0 Å². The van der Waals surface area contributed by atoms with E-state index >= 15 is 0 Å². The molecule has 0 spiro atoms. The lowest BCUT2D eigenvalue weighted by Gasteiger charge is -2.17. The van der Waals surface area contributed by atoms with Crippen molar-refractivity contribution in [1.29, 1.82) is 0 Å². The number of methoxy groups -OCH3 is 1. The summed E-state index contributed by atoms with van der Waals surface area (Å²) in [6.07, 6.45) is 1.27. The lowest BCUT2D eigenvalue weighted by molar-refractivity contribution is -0.141. The normalized spacial score (nSPS) is 20.0. The highest BCUT2D eigenvalue weighted by Gasteiger charge is 2.32. The molecule has 0 fully saturated rings. The molecule has 0 unspecified atom stereocenters. The van der Waals surface area contributed by atoms with Gasteiger partial charge in [0, 0.05) is 27.6 Å². The molecule has 1 aliphatic carbocycles. The summed E-state index contributed by atoms with van der Waals surface area (Å²) in [6.45, 7) is 0.431. The molecular formula is C20H17BrClFO4. The van der Waals surface area contributed by atoms with Gasteiger partial charge >= 0.3 is 5.97 Å². The lowest BCUT2D eigenvalue weighted by atomic mass is 9.98. The Balaban J connectivity index is 1.55. The van der Waals surface area contributed by atoms with E-state index in [9.17, 15) is 9.18 Å². The molecule has 2 aromatic carbocycles. The topological polar surface area (TPSA) is 44.8 Å². The highest BCUT2D eigenvalue weighted by Crippen LogP contribution is 2.44. The van der Waals surface area contributed by atoms with Gasteiger partial charge in [-0.2, -0.15) is 0 Å². The number of hydrogen-bond acceptors (Lipinski definition) is 4. The van der Waals surface area contributed by atoms with E-state index in [0.717, 1.165) is 15.6 Å². The Morgan fingerprint density at radius 1 is 1.41 bits per heavy atom. The van der Waals surface area contributed by atoms with Crippen molar-refractivity contribution in [2.75, 3.05) is 13.7 Å². The van der Waals surface area contributed by atoms with Crippen LogP contribution in [0, 0.1) is 5.82 Å².